The molecule has 1 aromatic heterocycles. The molecule has 94 valence electrons. The van der Waals surface area contributed by atoms with Crippen molar-refractivity contribution >= 4 is 27.3 Å². The van der Waals surface area contributed by atoms with E-state index in [0.29, 0.717) is 0 Å². The molecule has 1 N–H and O–H groups in total. The summed E-state index contributed by atoms with van der Waals surface area (Å²) in [5.74, 6) is 3.11. The second-order valence-corrected chi connectivity index (χ2v) is 7.78. The Morgan fingerprint density at radius 2 is 2.00 bits per heavy atom. The zero-order chi connectivity index (χ0) is 11.8. The molecule has 2 aliphatic rings. The van der Waals surface area contributed by atoms with E-state index in [4.69, 9.17) is 0 Å². The smallest absolute Gasteiger partial charge is 0.0314 e. The van der Waals surface area contributed by atoms with Crippen LogP contribution in [0, 0.1) is 24.7 Å². The summed E-state index contributed by atoms with van der Waals surface area (Å²) in [5, 5.41) is 3.67. The Bertz CT molecular complexity index is 361. The molecule has 0 saturated heterocycles. The Labute approximate surface area is 116 Å². The average molecular weight is 314 g/mol. The molecule has 0 bridgehead atoms. The highest BCUT2D eigenvalue weighted by Gasteiger charge is 2.40. The Kier molecular flexibility index (Phi) is 3.60. The maximum absolute atomic E-state index is 3.67. The molecule has 2 saturated carbocycles. The molecular formula is C14H20BrNS. The molecule has 0 spiro atoms. The molecule has 0 amide bonds. The van der Waals surface area contributed by atoms with Crippen LogP contribution in [0.25, 0.3) is 0 Å². The van der Waals surface area contributed by atoms with Gasteiger partial charge in [0.05, 0.1) is 0 Å². The summed E-state index contributed by atoms with van der Waals surface area (Å²) in [5.41, 5.74) is 0. The number of nitrogens with one attached hydrogen (secondary N) is 1. The fourth-order valence-corrected chi connectivity index (χ4v) is 4.31. The minimum Gasteiger partial charge on any atom is -0.312 e. The Morgan fingerprint density at radius 3 is 2.47 bits per heavy atom. The minimum atomic E-state index is 0.986. The SMILES string of the molecule is Cc1sc(CNCC(C2CC2)C2CC2)cc1Br. The van der Waals surface area contributed by atoms with Gasteiger partial charge in [0.15, 0.2) is 0 Å². The third-order valence-corrected chi connectivity index (χ3v) is 6.18. The first kappa shape index (κ1) is 12.2. The van der Waals surface area contributed by atoms with E-state index in [-0.39, 0.29) is 0 Å². The van der Waals surface area contributed by atoms with Gasteiger partial charge in [-0.2, -0.15) is 0 Å². The lowest BCUT2D eigenvalue weighted by Gasteiger charge is -2.15. The quantitative estimate of drug-likeness (QED) is 0.823. The number of rotatable bonds is 6. The standard InChI is InChI=1S/C14H20BrNS/c1-9-14(15)6-12(17-9)7-16-8-13(10-2-3-10)11-4-5-11/h6,10-11,13,16H,2-5,7-8H2,1H3. The summed E-state index contributed by atoms with van der Waals surface area (Å²) >= 11 is 5.49. The zero-order valence-corrected chi connectivity index (χ0v) is 12.7. The molecule has 0 atom stereocenters. The lowest BCUT2D eigenvalue weighted by molar-refractivity contribution is 0.379. The van der Waals surface area contributed by atoms with Crippen LogP contribution in [0.4, 0.5) is 0 Å². The number of aryl methyl sites for hydroxylation is 1. The van der Waals surface area contributed by atoms with Gasteiger partial charge in [0, 0.05) is 20.8 Å². The van der Waals surface area contributed by atoms with Gasteiger partial charge in [0.25, 0.3) is 0 Å². The second-order valence-electron chi connectivity index (χ2n) is 5.59. The second kappa shape index (κ2) is 5.02. The Hall–Kier alpha value is 0.140. The molecule has 0 aliphatic heterocycles. The van der Waals surface area contributed by atoms with Crippen LogP contribution >= 0.6 is 27.3 Å². The van der Waals surface area contributed by atoms with Gasteiger partial charge in [-0.05, 0) is 78.9 Å². The summed E-state index contributed by atoms with van der Waals surface area (Å²) < 4.78 is 1.26. The molecular weight excluding hydrogens is 294 g/mol. The fraction of sp³-hybridized carbons (Fsp3) is 0.714. The molecule has 2 aliphatic carbocycles. The largest absolute Gasteiger partial charge is 0.312 e. The van der Waals surface area contributed by atoms with Crippen molar-refractivity contribution in [2.75, 3.05) is 6.54 Å². The maximum atomic E-state index is 3.67. The van der Waals surface area contributed by atoms with E-state index in [2.05, 4.69) is 34.2 Å². The first-order chi connectivity index (χ1) is 8.24. The summed E-state index contributed by atoms with van der Waals surface area (Å²) in [6.45, 7) is 4.46. The number of thiophene rings is 1. The van der Waals surface area contributed by atoms with Crippen LogP contribution < -0.4 is 5.32 Å². The molecule has 1 aromatic rings. The van der Waals surface area contributed by atoms with Crippen molar-refractivity contribution in [3.8, 4) is 0 Å². The van der Waals surface area contributed by atoms with Gasteiger partial charge >= 0.3 is 0 Å². The van der Waals surface area contributed by atoms with Gasteiger partial charge < -0.3 is 5.32 Å². The third-order valence-electron chi connectivity index (χ3n) is 4.04. The Balaban J connectivity index is 1.47. The number of hydrogen-bond acceptors (Lipinski definition) is 2. The topological polar surface area (TPSA) is 12.0 Å². The van der Waals surface area contributed by atoms with Crippen LogP contribution in [0.2, 0.25) is 0 Å². The van der Waals surface area contributed by atoms with E-state index in [1.165, 1.54) is 46.5 Å². The fourth-order valence-electron chi connectivity index (χ4n) is 2.73. The monoisotopic (exact) mass is 313 g/mol. The van der Waals surface area contributed by atoms with Crippen LogP contribution in [0.15, 0.2) is 10.5 Å². The van der Waals surface area contributed by atoms with Crippen LogP contribution in [0.5, 0.6) is 0 Å². The third kappa shape index (κ3) is 3.12. The van der Waals surface area contributed by atoms with Crippen molar-refractivity contribution in [1.29, 1.82) is 0 Å². The van der Waals surface area contributed by atoms with Gasteiger partial charge in [0.1, 0.15) is 0 Å². The molecule has 1 heterocycles. The van der Waals surface area contributed by atoms with Gasteiger partial charge in [-0.1, -0.05) is 0 Å². The van der Waals surface area contributed by atoms with E-state index < -0.39 is 0 Å². The summed E-state index contributed by atoms with van der Waals surface area (Å²) in [4.78, 5) is 2.85. The molecule has 3 heteroatoms. The molecule has 1 nitrogen and oxygen atoms in total. The van der Waals surface area contributed by atoms with Gasteiger partial charge in [0.2, 0.25) is 0 Å². The zero-order valence-electron chi connectivity index (χ0n) is 10.3. The van der Waals surface area contributed by atoms with Crippen molar-refractivity contribution in [2.24, 2.45) is 17.8 Å². The number of hydrogen-bond donors (Lipinski definition) is 1. The van der Waals surface area contributed by atoms with Crippen LogP contribution in [0.1, 0.15) is 35.4 Å². The lowest BCUT2D eigenvalue weighted by atomic mass is 9.98. The average Bonchev–Trinajstić information content (AvgIpc) is 3.16. The molecule has 2 fully saturated rings. The Morgan fingerprint density at radius 1 is 1.35 bits per heavy atom. The summed E-state index contributed by atoms with van der Waals surface area (Å²) in [6.07, 6.45) is 5.97. The van der Waals surface area contributed by atoms with E-state index in [9.17, 15) is 0 Å². The van der Waals surface area contributed by atoms with E-state index in [1.807, 2.05) is 11.3 Å². The van der Waals surface area contributed by atoms with E-state index >= 15 is 0 Å². The lowest BCUT2D eigenvalue weighted by Crippen LogP contribution is -2.24. The molecule has 0 radical (unpaired) electrons. The summed E-state index contributed by atoms with van der Waals surface area (Å²) in [7, 11) is 0. The van der Waals surface area contributed by atoms with Crippen LogP contribution in [-0.2, 0) is 6.54 Å². The van der Waals surface area contributed by atoms with E-state index in [1.54, 1.807) is 0 Å². The highest BCUT2D eigenvalue weighted by atomic mass is 79.9. The van der Waals surface area contributed by atoms with Crippen LogP contribution in [0.3, 0.4) is 0 Å². The highest BCUT2D eigenvalue weighted by molar-refractivity contribution is 9.10. The minimum absolute atomic E-state index is 0.986. The van der Waals surface area contributed by atoms with Crippen molar-refractivity contribution in [1.82, 2.24) is 5.32 Å². The van der Waals surface area contributed by atoms with Gasteiger partial charge in [-0.15, -0.1) is 11.3 Å². The van der Waals surface area contributed by atoms with Crippen molar-refractivity contribution in [2.45, 2.75) is 39.2 Å². The van der Waals surface area contributed by atoms with Crippen molar-refractivity contribution in [3.63, 3.8) is 0 Å². The molecule has 17 heavy (non-hydrogen) atoms. The first-order valence-corrected chi connectivity index (χ1v) is 8.30. The summed E-state index contributed by atoms with van der Waals surface area (Å²) in [6, 6.07) is 2.26. The number of halogens is 1. The van der Waals surface area contributed by atoms with Gasteiger partial charge in [-0.3, -0.25) is 0 Å². The predicted molar refractivity (Wildman–Crippen MR) is 77.4 cm³/mol. The van der Waals surface area contributed by atoms with Crippen molar-refractivity contribution in [3.05, 3.63) is 20.3 Å². The maximum Gasteiger partial charge on any atom is 0.0314 e. The molecule has 0 unspecified atom stereocenters. The highest BCUT2D eigenvalue weighted by Crippen LogP contribution is 2.48. The predicted octanol–water partition coefficient (Wildman–Crippen LogP) is 4.34. The van der Waals surface area contributed by atoms with Crippen molar-refractivity contribution < 1.29 is 0 Å². The molecule has 3 rings (SSSR count). The normalized spacial score (nSPS) is 20.2. The van der Waals surface area contributed by atoms with E-state index in [0.717, 1.165) is 24.3 Å². The first-order valence-electron chi connectivity index (χ1n) is 6.69. The van der Waals surface area contributed by atoms with Crippen LogP contribution in [-0.4, -0.2) is 6.54 Å². The van der Waals surface area contributed by atoms with Gasteiger partial charge in [-0.25, -0.2) is 0 Å². The molecule has 0 aromatic carbocycles.